The second-order valence-corrected chi connectivity index (χ2v) is 6.52. The molecule has 128 valence electrons. The molecular weight excluding hydrogens is 296 g/mol. The monoisotopic (exact) mass is 322 g/mol. The van der Waals surface area contributed by atoms with E-state index in [2.05, 4.69) is 5.32 Å². The highest BCUT2D eigenvalue weighted by molar-refractivity contribution is 5.95. The number of aliphatic hydroxyl groups excluding tert-OH is 1. The Balaban J connectivity index is 1.95. The summed E-state index contributed by atoms with van der Waals surface area (Å²) in [5, 5.41) is 12.7. The average molecular weight is 322 g/mol. The standard InChI is InChI=1S/C17H26N2O4/c1-12(2)10-13(20)11-18-16(21)14-6-3-4-8-19(14)17(22)15-7-5-9-23-15/h5,7,9,12-14,20H,3-4,6,8,10-11H2,1-2H3,(H,18,21). The van der Waals surface area contributed by atoms with Crippen LogP contribution in [-0.4, -0.2) is 47.1 Å². The van der Waals surface area contributed by atoms with Gasteiger partial charge in [0.1, 0.15) is 6.04 Å². The Bertz CT molecular complexity index is 513. The van der Waals surface area contributed by atoms with Crippen LogP contribution in [-0.2, 0) is 4.79 Å². The molecule has 1 aliphatic rings. The van der Waals surface area contributed by atoms with Crippen molar-refractivity contribution in [2.24, 2.45) is 5.92 Å². The molecule has 0 aromatic carbocycles. The summed E-state index contributed by atoms with van der Waals surface area (Å²) in [6, 6.07) is 2.78. The maximum absolute atomic E-state index is 12.5. The summed E-state index contributed by atoms with van der Waals surface area (Å²) in [5.41, 5.74) is 0. The minimum atomic E-state index is -0.559. The molecule has 1 saturated heterocycles. The molecule has 0 bridgehead atoms. The third kappa shape index (κ3) is 4.82. The number of nitrogens with zero attached hydrogens (tertiary/aromatic N) is 1. The highest BCUT2D eigenvalue weighted by Gasteiger charge is 2.33. The largest absolute Gasteiger partial charge is 0.459 e. The molecule has 0 spiro atoms. The van der Waals surface area contributed by atoms with Crippen molar-refractivity contribution in [2.75, 3.05) is 13.1 Å². The Morgan fingerprint density at radius 3 is 2.87 bits per heavy atom. The summed E-state index contributed by atoms with van der Waals surface area (Å²) in [6.45, 7) is 4.81. The lowest BCUT2D eigenvalue weighted by atomic mass is 10.0. The molecule has 2 unspecified atom stereocenters. The minimum absolute atomic E-state index is 0.201. The van der Waals surface area contributed by atoms with Crippen LogP contribution in [0, 0.1) is 5.92 Å². The van der Waals surface area contributed by atoms with Gasteiger partial charge in [0.2, 0.25) is 5.91 Å². The lowest BCUT2D eigenvalue weighted by Gasteiger charge is -2.34. The van der Waals surface area contributed by atoms with E-state index in [1.165, 1.54) is 6.26 Å². The van der Waals surface area contributed by atoms with E-state index < -0.39 is 12.1 Å². The predicted octanol–water partition coefficient (Wildman–Crippen LogP) is 1.80. The van der Waals surface area contributed by atoms with E-state index in [0.29, 0.717) is 25.3 Å². The maximum atomic E-state index is 12.5. The minimum Gasteiger partial charge on any atom is -0.459 e. The zero-order chi connectivity index (χ0) is 16.8. The second kappa shape index (κ2) is 8.15. The number of hydrogen-bond acceptors (Lipinski definition) is 4. The van der Waals surface area contributed by atoms with Crippen molar-refractivity contribution < 1.29 is 19.1 Å². The van der Waals surface area contributed by atoms with Crippen LogP contribution in [0.4, 0.5) is 0 Å². The van der Waals surface area contributed by atoms with Crippen LogP contribution in [0.1, 0.15) is 50.1 Å². The van der Waals surface area contributed by atoms with Crippen LogP contribution in [0.3, 0.4) is 0 Å². The first-order valence-electron chi connectivity index (χ1n) is 8.29. The normalized spacial score (nSPS) is 19.7. The molecule has 1 aromatic rings. The van der Waals surface area contributed by atoms with Gasteiger partial charge in [-0.1, -0.05) is 13.8 Å². The molecule has 0 radical (unpaired) electrons. The number of nitrogens with one attached hydrogen (secondary N) is 1. The average Bonchev–Trinajstić information content (AvgIpc) is 3.05. The number of aliphatic hydroxyl groups is 1. The molecule has 1 aliphatic heterocycles. The zero-order valence-corrected chi connectivity index (χ0v) is 13.8. The van der Waals surface area contributed by atoms with Crippen LogP contribution < -0.4 is 5.32 Å². The third-order valence-electron chi connectivity index (χ3n) is 4.05. The van der Waals surface area contributed by atoms with E-state index >= 15 is 0 Å². The topological polar surface area (TPSA) is 82.8 Å². The van der Waals surface area contributed by atoms with Crippen molar-refractivity contribution in [2.45, 2.75) is 51.7 Å². The quantitative estimate of drug-likeness (QED) is 0.836. The van der Waals surface area contributed by atoms with Gasteiger partial charge < -0.3 is 19.7 Å². The van der Waals surface area contributed by atoms with Gasteiger partial charge in [0, 0.05) is 13.1 Å². The summed E-state index contributed by atoms with van der Waals surface area (Å²) in [6.07, 6.45) is 3.96. The van der Waals surface area contributed by atoms with E-state index in [4.69, 9.17) is 4.42 Å². The fourth-order valence-corrected chi connectivity index (χ4v) is 2.95. The van der Waals surface area contributed by atoms with Crippen molar-refractivity contribution in [3.63, 3.8) is 0 Å². The van der Waals surface area contributed by atoms with Gasteiger partial charge in [0.25, 0.3) is 5.91 Å². The summed E-state index contributed by atoms with van der Waals surface area (Å²) < 4.78 is 5.16. The number of amides is 2. The lowest BCUT2D eigenvalue weighted by molar-refractivity contribution is -0.127. The molecule has 0 aliphatic carbocycles. The fraction of sp³-hybridized carbons (Fsp3) is 0.647. The number of likely N-dealkylation sites (tertiary alicyclic amines) is 1. The Labute approximate surface area is 136 Å². The van der Waals surface area contributed by atoms with E-state index in [-0.39, 0.29) is 24.1 Å². The summed E-state index contributed by atoms with van der Waals surface area (Å²) in [7, 11) is 0. The van der Waals surface area contributed by atoms with E-state index in [0.717, 1.165) is 12.8 Å². The van der Waals surface area contributed by atoms with Gasteiger partial charge in [-0.3, -0.25) is 9.59 Å². The molecule has 2 N–H and O–H groups in total. The SMILES string of the molecule is CC(C)CC(O)CNC(=O)C1CCCCN1C(=O)c1ccco1. The first kappa shape index (κ1) is 17.5. The van der Waals surface area contributed by atoms with Gasteiger partial charge >= 0.3 is 0 Å². The predicted molar refractivity (Wildman–Crippen MR) is 85.9 cm³/mol. The highest BCUT2D eigenvalue weighted by Crippen LogP contribution is 2.20. The molecular formula is C17H26N2O4. The number of furan rings is 1. The van der Waals surface area contributed by atoms with Gasteiger partial charge in [-0.15, -0.1) is 0 Å². The molecule has 6 nitrogen and oxygen atoms in total. The molecule has 1 aromatic heterocycles. The fourth-order valence-electron chi connectivity index (χ4n) is 2.95. The smallest absolute Gasteiger partial charge is 0.290 e. The van der Waals surface area contributed by atoms with Crippen molar-refractivity contribution in [1.29, 1.82) is 0 Å². The van der Waals surface area contributed by atoms with Gasteiger partial charge in [0.15, 0.2) is 5.76 Å². The van der Waals surface area contributed by atoms with Gasteiger partial charge in [-0.05, 0) is 43.7 Å². The van der Waals surface area contributed by atoms with E-state index in [9.17, 15) is 14.7 Å². The Morgan fingerprint density at radius 1 is 1.43 bits per heavy atom. The Morgan fingerprint density at radius 2 is 2.22 bits per heavy atom. The third-order valence-corrected chi connectivity index (χ3v) is 4.05. The van der Waals surface area contributed by atoms with Crippen molar-refractivity contribution in [1.82, 2.24) is 10.2 Å². The van der Waals surface area contributed by atoms with Crippen LogP contribution in [0.15, 0.2) is 22.8 Å². The molecule has 2 atom stereocenters. The molecule has 1 fully saturated rings. The lowest BCUT2D eigenvalue weighted by Crippen LogP contribution is -2.52. The maximum Gasteiger partial charge on any atom is 0.290 e. The number of carbonyl (C=O) groups excluding carboxylic acids is 2. The van der Waals surface area contributed by atoms with Crippen molar-refractivity contribution >= 4 is 11.8 Å². The molecule has 0 saturated carbocycles. The molecule has 2 amide bonds. The second-order valence-electron chi connectivity index (χ2n) is 6.52. The summed E-state index contributed by atoms with van der Waals surface area (Å²) in [4.78, 5) is 26.5. The van der Waals surface area contributed by atoms with Crippen LogP contribution in [0.2, 0.25) is 0 Å². The Hall–Kier alpha value is -1.82. The number of hydrogen-bond donors (Lipinski definition) is 2. The van der Waals surface area contributed by atoms with Gasteiger partial charge in [0.05, 0.1) is 12.4 Å². The Kier molecular flexibility index (Phi) is 6.21. The van der Waals surface area contributed by atoms with Gasteiger partial charge in [-0.2, -0.15) is 0 Å². The van der Waals surface area contributed by atoms with Gasteiger partial charge in [-0.25, -0.2) is 0 Å². The first-order chi connectivity index (χ1) is 11.0. The zero-order valence-electron chi connectivity index (χ0n) is 13.8. The molecule has 6 heteroatoms. The number of rotatable bonds is 6. The van der Waals surface area contributed by atoms with Crippen LogP contribution in [0.5, 0.6) is 0 Å². The van der Waals surface area contributed by atoms with Crippen LogP contribution in [0.25, 0.3) is 0 Å². The van der Waals surface area contributed by atoms with Crippen molar-refractivity contribution in [3.05, 3.63) is 24.2 Å². The summed E-state index contributed by atoms with van der Waals surface area (Å²) in [5.74, 6) is 0.170. The molecule has 2 rings (SSSR count). The van der Waals surface area contributed by atoms with E-state index in [1.54, 1.807) is 17.0 Å². The summed E-state index contributed by atoms with van der Waals surface area (Å²) >= 11 is 0. The number of piperidine rings is 1. The molecule has 23 heavy (non-hydrogen) atoms. The van der Waals surface area contributed by atoms with Crippen molar-refractivity contribution in [3.8, 4) is 0 Å². The number of carbonyl (C=O) groups is 2. The molecule has 2 heterocycles. The van der Waals surface area contributed by atoms with Crippen LogP contribution >= 0.6 is 0 Å². The van der Waals surface area contributed by atoms with E-state index in [1.807, 2.05) is 13.8 Å². The highest BCUT2D eigenvalue weighted by atomic mass is 16.3. The first-order valence-corrected chi connectivity index (χ1v) is 8.29.